The van der Waals surface area contributed by atoms with Gasteiger partial charge in [0.05, 0.1) is 17.7 Å². The van der Waals surface area contributed by atoms with Crippen LogP contribution in [0.1, 0.15) is 54.4 Å². The Morgan fingerprint density at radius 2 is 1.78 bits per heavy atom. The first kappa shape index (κ1) is 21.9. The highest BCUT2D eigenvalue weighted by molar-refractivity contribution is 8.00. The van der Waals surface area contributed by atoms with Crippen LogP contribution in [0.15, 0.2) is 0 Å². The van der Waals surface area contributed by atoms with Crippen LogP contribution in [0.3, 0.4) is 0 Å². The summed E-state index contributed by atoms with van der Waals surface area (Å²) in [5.74, 6) is -0.442. The predicted molar refractivity (Wildman–Crippen MR) is 104 cm³/mol. The van der Waals surface area contributed by atoms with Crippen LogP contribution in [0, 0.1) is 5.41 Å². The number of hydrogen-bond acceptors (Lipinski definition) is 6. The number of likely N-dealkylation sites (tertiary alicyclic amines) is 1. The molecule has 2 aliphatic heterocycles. The van der Waals surface area contributed by atoms with Crippen LogP contribution in [0.5, 0.6) is 0 Å². The molecule has 4 atom stereocenters. The lowest BCUT2D eigenvalue weighted by atomic mass is 9.94. The Labute approximate surface area is 166 Å². The standard InChI is InChI=1S/C19H32N2O5S/c1-18(2,3)16-21(11-22)13(15(23)25-7)14(27-16)12-9-8-10-20(12)17(24)26-19(4,5)6/h11-14,16H,8-10H2,1-7H3/t12-,13-,14+,16+/m0/s1. The SMILES string of the molecule is COC(=O)[C@@H]1[C@@H]([C@@H]2CCCN2C(=O)OC(C)(C)C)S[C@H](C(C)(C)C)N1C=O. The zero-order valence-corrected chi connectivity index (χ0v) is 18.2. The molecule has 0 aliphatic carbocycles. The summed E-state index contributed by atoms with van der Waals surface area (Å²) >= 11 is 1.58. The summed E-state index contributed by atoms with van der Waals surface area (Å²) in [6.07, 6.45) is 1.98. The molecule has 2 heterocycles. The number of thioether (sulfide) groups is 1. The molecule has 0 aromatic rings. The summed E-state index contributed by atoms with van der Waals surface area (Å²) in [5, 5.41) is -0.424. The largest absolute Gasteiger partial charge is 0.467 e. The van der Waals surface area contributed by atoms with Gasteiger partial charge in [0.25, 0.3) is 0 Å². The smallest absolute Gasteiger partial charge is 0.410 e. The van der Waals surface area contributed by atoms with Crippen molar-refractivity contribution in [2.24, 2.45) is 5.41 Å². The zero-order valence-electron chi connectivity index (χ0n) is 17.4. The number of esters is 1. The number of ether oxygens (including phenoxy) is 2. The lowest BCUT2D eigenvalue weighted by Gasteiger charge is -2.33. The fourth-order valence-electron chi connectivity index (χ4n) is 3.74. The second-order valence-electron chi connectivity index (χ2n) is 9.22. The van der Waals surface area contributed by atoms with Gasteiger partial charge in [-0.1, -0.05) is 20.8 Å². The molecule has 8 heteroatoms. The van der Waals surface area contributed by atoms with Gasteiger partial charge in [0.1, 0.15) is 11.6 Å². The van der Waals surface area contributed by atoms with E-state index in [1.807, 2.05) is 41.5 Å². The normalized spacial score (nSPS) is 29.0. The topological polar surface area (TPSA) is 76.2 Å². The van der Waals surface area contributed by atoms with E-state index in [-0.39, 0.29) is 28.2 Å². The van der Waals surface area contributed by atoms with E-state index in [1.165, 1.54) is 7.11 Å². The van der Waals surface area contributed by atoms with Gasteiger partial charge in [-0.2, -0.15) is 0 Å². The summed E-state index contributed by atoms with van der Waals surface area (Å²) in [4.78, 5) is 40.4. The van der Waals surface area contributed by atoms with Crippen molar-refractivity contribution >= 4 is 30.2 Å². The molecule has 2 amide bonds. The van der Waals surface area contributed by atoms with E-state index in [1.54, 1.807) is 21.6 Å². The Kier molecular flexibility index (Phi) is 6.39. The number of nitrogens with zero attached hydrogens (tertiary/aromatic N) is 2. The third-order valence-electron chi connectivity index (χ3n) is 4.80. The van der Waals surface area contributed by atoms with Crippen LogP contribution in [0.25, 0.3) is 0 Å². The van der Waals surface area contributed by atoms with E-state index in [4.69, 9.17) is 9.47 Å². The zero-order chi connectivity index (χ0) is 20.6. The van der Waals surface area contributed by atoms with Crippen molar-refractivity contribution in [3.63, 3.8) is 0 Å². The molecule has 2 fully saturated rings. The van der Waals surface area contributed by atoms with Crippen molar-refractivity contribution in [1.29, 1.82) is 0 Å². The first-order valence-electron chi connectivity index (χ1n) is 9.36. The summed E-state index contributed by atoms with van der Waals surface area (Å²) in [7, 11) is 1.33. The number of carbonyl (C=O) groups excluding carboxylic acids is 3. The maximum Gasteiger partial charge on any atom is 0.410 e. The van der Waals surface area contributed by atoms with Crippen LogP contribution >= 0.6 is 11.8 Å². The second-order valence-corrected chi connectivity index (χ2v) is 10.5. The van der Waals surface area contributed by atoms with E-state index in [0.29, 0.717) is 6.54 Å². The van der Waals surface area contributed by atoms with E-state index < -0.39 is 17.6 Å². The van der Waals surface area contributed by atoms with Gasteiger partial charge in [-0.05, 0) is 39.0 Å². The molecular weight excluding hydrogens is 368 g/mol. The van der Waals surface area contributed by atoms with Crippen molar-refractivity contribution in [3.05, 3.63) is 0 Å². The van der Waals surface area contributed by atoms with Gasteiger partial charge in [0.15, 0.2) is 0 Å². The maximum absolute atomic E-state index is 12.7. The summed E-state index contributed by atoms with van der Waals surface area (Å²) < 4.78 is 10.6. The van der Waals surface area contributed by atoms with Crippen LogP contribution in [-0.2, 0) is 19.1 Å². The molecule has 0 radical (unpaired) electrons. The molecule has 154 valence electrons. The molecule has 0 unspecified atom stereocenters. The first-order chi connectivity index (χ1) is 12.4. The molecule has 27 heavy (non-hydrogen) atoms. The molecule has 0 N–H and O–H groups in total. The van der Waals surface area contributed by atoms with Crippen molar-refractivity contribution < 1.29 is 23.9 Å². The fraction of sp³-hybridized carbons (Fsp3) is 0.842. The minimum atomic E-state index is -0.713. The molecule has 2 saturated heterocycles. The van der Waals surface area contributed by atoms with Gasteiger partial charge < -0.3 is 19.3 Å². The molecule has 0 aromatic carbocycles. The number of methoxy groups -OCH3 is 1. The molecule has 7 nitrogen and oxygen atoms in total. The van der Waals surface area contributed by atoms with Gasteiger partial charge >= 0.3 is 12.1 Å². The summed E-state index contributed by atoms with van der Waals surface area (Å²) in [5.41, 5.74) is -0.806. The highest BCUT2D eigenvalue weighted by Gasteiger charge is 2.55. The van der Waals surface area contributed by atoms with Crippen molar-refractivity contribution in [1.82, 2.24) is 9.80 Å². The van der Waals surface area contributed by atoms with E-state index in [0.717, 1.165) is 19.3 Å². The monoisotopic (exact) mass is 400 g/mol. The Balaban J connectivity index is 2.33. The molecule has 0 saturated carbocycles. The molecular formula is C19H32N2O5S. The minimum Gasteiger partial charge on any atom is -0.467 e. The van der Waals surface area contributed by atoms with Crippen molar-refractivity contribution in [2.45, 2.75) is 82.7 Å². The average Bonchev–Trinajstić information content (AvgIpc) is 3.15. The van der Waals surface area contributed by atoms with E-state index in [2.05, 4.69) is 0 Å². The Morgan fingerprint density at radius 3 is 2.26 bits per heavy atom. The van der Waals surface area contributed by atoms with Crippen LogP contribution in [0.2, 0.25) is 0 Å². The maximum atomic E-state index is 12.7. The number of carbonyl (C=O) groups is 3. The minimum absolute atomic E-state index is 0.176. The van der Waals surface area contributed by atoms with E-state index in [9.17, 15) is 14.4 Å². The Bertz CT molecular complexity index is 584. The number of amides is 2. The van der Waals surface area contributed by atoms with Crippen molar-refractivity contribution in [3.8, 4) is 0 Å². The third-order valence-corrected chi connectivity index (χ3v) is 6.90. The number of hydrogen-bond donors (Lipinski definition) is 0. The van der Waals surface area contributed by atoms with Crippen LogP contribution in [0.4, 0.5) is 4.79 Å². The Hall–Kier alpha value is -1.44. The molecule has 2 aliphatic rings. The lowest BCUT2D eigenvalue weighted by molar-refractivity contribution is -0.150. The fourth-order valence-corrected chi connectivity index (χ4v) is 5.63. The lowest BCUT2D eigenvalue weighted by Crippen LogP contribution is -2.52. The predicted octanol–water partition coefficient (Wildman–Crippen LogP) is 2.87. The quantitative estimate of drug-likeness (QED) is 0.536. The second kappa shape index (κ2) is 7.89. The molecule has 2 rings (SSSR count). The average molecular weight is 401 g/mol. The summed E-state index contributed by atoms with van der Waals surface area (Å²) in [6, 6.07) is -0.890. The Morgan fingerprint density at radius 1 is 1.15 bits per heavy atom. The highest BCUT2D eigenvalue weighted by atomic mass is 32.2. The van der Waals surface area contributed by atoms with E-state index >= 15 is 0 Å². The molecule has 0 aromatic heterocycles. The van der Waals surface area contributed by atoms with Crippen LogP contribution in [-0.4, -0.2) is 70.2 Å². The van der Waals surface area contributed by atoms with Gasteiger partial charge in [-0.3, -0.25) is 4.79 Å². The molecule has 0 bridgehead atoms. The number of rotatable bonds is 3. The van der Waals surface area contributed by atoms with Crippen molar-refractivity contribution in [2.75, 3.05) is 13.7 Å². The van der Waals surface area contributed by atoms with Gasteiger partial charge in [0, 0.05) is 12.6 Å². The first-order valence-corrected chi connectivity index (χ1v) is 10.3. The van der Waals surface area contributed by atoms with Gasteiger partial charge in [0.2, 0.25) is 6.41 Å². The van der Waals surface area contributed by atoms with Gasteiger partial charge in [-0.25, -0.2) is 9.59 Å². The summed E-state index contributed by atoms with van der Waals surface area (Å²) in [6.45, 7) is 12.2. The van der Waals surface area contributed by atoms with Crippen LogP contribution < -0.4 is 0 Å². The van der Waals surface area contributed by atoms with Gasteiger partial charge in [-0.15, -0.1) is 11.8 Å². The third kappa shape index (κ3) is 4.70. The molecule has 0 spiro atoms. The highest BCUT2D eigenvalue weighted by Crippen LogP contribution is 2.47.